The van der Waals surface area contributed by atoms with Gasteiger partial charge in [0.25, 0.3) is 0 Å². The molecule has 0 bridgehead atoms. The van der Waals surface area contributed by atoms with Crippen LogP contribution in [-0.4, -0.2) is 18.2 Å². The van der Waals surface area contributed by atoms with Crippen LogP contribution >= 0.6 is 23.2 Å². The Morgan fingerprint density at radius 1 is 1.19 bits per heavy atom. The fourth-order valence-electron chi connectivity index (χ4n) is 2.61. The molecule has 4 N–H and O–H groups in total. The Kier molecular flexibility index (Phi) is 7.05. The van der Waals surface area contributed by atoms with Crippen molar-refractivity contribution in [1.29, 1.82) is 5.41 Å². The first-order valence-electron chi connectivity index (χ1n) is 8.03. The summed E-state index contributed by atoms with van der Waals surface area (Å²) in [6.45, 7) is 0.321. The summed E-state index contributed by atoms with van der Waals surface area (Å²) in [7, 11) is 0. The maximum absolute atomic E-state index is 12.8. The van der Waals surface area contributed by atoms with E-state index in [0.29, 0.717) is 45.4 Å². The molecule has 27 heavy (non-hydrogen) atoms. The molecule has 0 fully saturated rings. The summed E-state index contributed by atoms with van der Waals surface area (Å²) in [5, 5.41) is 11.4. The van der Waals surface area contributed by atoms with Gasteiger partial charge in [-0.05, 0) is 48.9 Å². The summed E-state index contributed by atoms with van der Waals surface area (Å²) in [4.78, 5) is 12.8. The lowest BCUT2D eigenvalue weighted by Crippen LogP contribution is -2.23. The van der Waals surface area contributed by atoms with Crippen molar-refractivity contribution in [2.45, 2.75) is 12.3 Å². The number of carbonyl (C=O) groups excluding carboxylic acids is 1. The summed E-state index contributed by atoms with van der Waals surface area (Å²) in [6.07, 6.45) is 11.2. The molecule has 1 atom stereocenters. The molecule has 136 valence electrons. The maximum atomic E-state index is 12.8. The highest BCUT2D eigenvalue weighted by Crippen LogP contribution is 2.29. The average molecular weight is 398 g/mol. The van der Waals surface area contributed by atoms with Gasteiger partial charge in [0.1, 0.15) is 5.71 Å². The molecule has 2 aromatic carbocycles. The summed E-state index contributed by atoms with van der Waals surface area (Å²) in [5.41, 5.74) is 7.71. The van der Waals surface area contributed by atoms with Crippen molar-refractivity contribution in [2.24, 2.45) is 5.73 Å². The van der Waals surface area contributed by atoms with Crippen LogP contribution in [0.1, 0.15) is 29.0 Å². The van der Waals surface area contributed by atoms with E-state index >= 15 is 0 Å². The molecule has 0 aliphatic heterocycles. The molecule has 1 amide bonds. The third kappa shape index (κ3) is 4.90. The molecule has 2 rings (SSSR count). The quantitative estimate of drug-likeness (QED) is 0.507. The molecule has 0 aliphatic rings. The lowest BCUT2D eigenvalue weighted by Gasteiger charge is -2.18. The molecule has 0 saturated heterocycles. The fourth-order valence-corrected chi connectivity index (χ4v) is 2.91. The molecular formula is C21H17Cl2N3O. The Balaban J connectivity index is 2.33. The van der Waals surface area contributed by atoms with Gasteiger partial charge < -0.3 is 11.1 Å². The predicted octanol–water partition coefficient (Wildman–Crippen LogP) is 4.05. The van der Waals surface area contributed by atoms with Gasteiger partial charge in [0, 0.05) is 16.8 Å². The first-order chi connectivity index (χ1) is 12.9. The van der Waals surface area contributed by atoms with Crippen molar-refractivity contribution >= 4 is 40.5 Å². The number of carbonyl (C=O) groups is 1. The smallest absolute Gasteiger partial charge is 0.231 e. The van der Waals surface area contributed by atoms with Crippen molar-refractivity contribution in [2.75, 3.05) is 11.9 Å². The standard InChI is InChI=1S/C21H17Cl2N3O/c1-3-13-5-7-15(12-17(13)20(25)4-2)26-21(27)16(9-10-24)14-6-8-18(22)19(23)11-14/h1-2,5-8,11-12,16,25H,9-10,24H2,(H,26,27). The van der Waals surface area contributed by atoms with Crippen LogP contribution in [0.4, 0.5) is 5.69 Å². The molecular weight excluding hydrogens is 381 g/mol. The van der Waals surface area contributed by atoms with Gasteiger partial charge in [-0.25, -0.2) is 0 Å². The topological polar surface area (TPSA) is 79.0 Å². The Hall–Kier alpha value is -2.76. The lowest BCUT2D eigenvalue weighted by molar-refractivity contribution is -0.117. The zero-order valence-corrected chi connectivity index (χ0v) is 15.9. The summed E-state index contributed by atoms with van der Waals surface area (Å²) in [6, 6.07) is 9.93. The highest BCUT2D eigenvalue weighted by atomic mass is 35.5. The second kappa shape index (κ2) is 9.26. The summed E-state index contributed by atoms with van der Waals surface area (Å²) in [5.74, 6) is 3.96. The van der Waals surface area contributed by atoms with Crippen LogP contribution in [0, 0.1) is 30.1 Å². The van der Waals surface area contributed by atoms with Crippen molar-refractivity contribution in [3.05, 3.63) is 63.1 Å². The molecule has 6 heteroatoms. The summed E-state index contributed by atoms with van der Waals surface area (Å²) < 4.78 is 0. The molecule has 2 aromatic rings. The molecule has 1 unspecified atom stereocenters. The third-order valence-electron chi connectivity index (χ3n) is 3.97. The molecule has 0 radical (unpaired) electrons. The Morgan fingerprint density at radius 3 is 2.52 bits per heavy atom. The number of nitrogens with one attached hydrogen (secondary N) is 2. The van der Waals surface area contributed by atoms with Crippen LogP contribution in [0.3, 0.4) is 0 Å². The van der Waals surface area contributed by atoms with Gasteiger partial charge in [-0.15, -0.1) is 12.8 Å². The van der Waals surface area contributed by atoms with E-state index in [4.69, 9.17) is 47.2 Å². The van der Waals surface area contributed by atoms with Gasteiger partial charge in [0.05, 0.1) is 16.0 Å². The van der Waals surface area contributed by atoms with Gasteiger partial charge in [-0.2, -0.15) is 0 Å². The molecule has 4 nitrogen and oxygen atoms in total. The highest BCUT2D eigenvalue weighted by molar-refractivity contribution is 6.42. The van der Waals surface area contributed by atoms with Gasteiger partial charge >= 0.3 is 0 Å². The summed E-state index contributed by atoms with van der Waals surface area (Å²) >= 11 is 12.0. The van der Waals surface area contributed by atoms with E-state index < -0.39 is 5.92 Å². The van der Waals surface area contributed by atoms with Crippen molar-refractivity contribution < 1.29 is 4.79 Å². The van der Waals surface area contributed by atoms with Crippen molar-refractivity contribution in [3.63, 3.8) is 0 Å². The van der Waals surface area contributed by atoms with Crippen LogP contribution in [0.25, 0.3) is 0 Å². The van der Waals surface area contributed by atoms with E-state index in [-0.39, 0.29) is 11.6 Å². The molecule has 0 aromatic heterocycles. The van der Waals surface area contributed by atoms with E-state index in [9.17, 15) is 4.79 Å². The predicted molar refractivity (Wildman–Crippen MR) is 112 cm³/mol. The van der Waals surface area contributed by atoms with Gasteiger partial charge in [-0.1, -0.05) is 41.1 Å². The maximum Gasteiger partial charge on any atom is 0.231 e. The minimum absolute atomic E-state index is 0.0537. The van der Waals surface area contributed by atoms with E-state index in [1.54, 1.807) is 36.4 Å². The molecule has 0 heterocycles. The SMILES string of the molecule is C#CC(=N)c1cc(NC(=O)C(CCN)c2ccc(Cl)c(Cl)c2)ccc1C#C. The van der Waals surface area contributed by atoms with Crippen molar-refractivity contribution in [1.82, 2.24) is 0 Å². The number of halogens is 2. The minimum Gasteiger partial charge on any atom is -0.330 e. The number of terminal acetylenes is 2. The van der Waals surface area contributed by atoms with E-state index in [1.807, 2.05) is 0 Å². The number of amides is 1. The van der Waals surface area contributed by atoms with E-state index in [0.717, 1.165) is 0 Å². The first kappa shape index (κ1) is 20.6. The molecule has 0 spiro atoms. The third-order valence-corrected chi connectivity index (χ3v) is 4.71. The second-order valence-corrected chi connectivity index (χ2v) is 6.53. The fraction of sp³-hybridized carbons (Fsp3) is 0.143. The number of hydrogen-bond acceptors (Lipinski definition) is 3. The average Bonchev–Trinajstić information content (AvgIpc) is 2.67. The van der Waals surface area contributed by atoms with Crippen LogP contribution in [0.15, 0.2) is 36.4 Å². The van der Waals surface area contributed by atoms with Crippen LogP contribution < -0.4 is 11.1 Å². The normalized spacial score (nSPS) is 11.1. The number of benzene rings is 2. The van der Waals surface area contributed by atoms with Gasteiger partial charge in [-0.3, -0.25) is 10.2 Å². The number of rotatable bonds is 6. The Bertz CT molecular complexity index is 970. The van der Waals surface area contributed by atoms with Crippen LogP contribution in [0.2, 0.25) is 10.0 Å². The van der Waals surface area contributed by atoms with Gasteiger partial charge in [0.2, 0.25) is 5.91 Å². The Morgan fingerprint density at radius 2 is 1.93 bits per heavy atom. The second-order valence-electron chi connectivity index (χ2n) is 5.72. The van der Waals surface area contributed by atoms with Gasteiger partial charge in [0.15, 0.2) is 0 Å². The largest absolute Gasteiger partial charge is 0.330 e. The van der Waals surface area contributed by atoms with E-state index in [2.05, 4.69) is 17.2 Å². The Labute approximate surface area is 168 Å². The number of hydrogen-bond donors (Lipinski definition) is 3. The van der Waals surface area contributed by atoms with E-state index in [1.165, 1.54) is 0 Å². The molecule has 0 saturated carbocycles. The first-order valence-corrected chi connectivity index (χ1v) is 8.79. The molecule has 0 aliphatic carbocycles. The highest BCUT2D eigenvalue weighted by Gasteiger charge is 2.21. The number of anilines is 1. The number of nitrogens with two attached hydrogens (primary N) is 1. The lowest BCUT2D eigenvalue weighted by atomic mass is 9.94. The van der Waals surface area contributed by atoms with Crippen LogP contribution in [-0.2, 0) is 4.79 Å². The minimum atomic E-state index is -0.507. The van der Waals surface area contributed by atoms with Crippen LogP contribution in [0.5, 0.6) is 0 Å². The van der Waals surface area contributed by atoms with Crippen molar-refractivity contribution in [3.8, 4) is 24.7 Å². The monoisotopic (exact) mass is 397 g/mol. The zero-order chi connectivity index (χ0) is 20.0. The zero-order valence-electron chi connectivity index (χ0n) is 14.4.